The van der Waals surface area contributed by atoms with Crippen LogP contribution in [0.5, 0.6) is 0 Å². The van der Waals surface area contributed by atoms with Crippen LogP contribution in [0.2, 0.25) is 0 Å². The predicted molar refractivity (Wildman–Crippen MR) is 126 cm³/mol. The highest BCUT2D eigenvalue weighted by Crippen LogP contribution is 2.39. The van der Waals surface area contributed by atoms with E-state index < -0.39 is 6.10 Å². The first-order chi connectivity index (χ1) is 14.8. The maximum Gasteiger partial charge on any atom is 0.0618 e. The zero-order chi connectivity index (χ0) is 22.1. The van der Waals surface area contributed by atoms with Crippen molar-refractivity contribution in [1.82, 2.24) is 16.0 Å². The molecule has 0 aromatic rings. The molecule has 31 heavy (non-hydrogen) atoms. The summed E-state index contributed by atoms with van der Waals surface area (Å²) >= 11 is 0. The Balaban J connectivity index is 1.51. The summed E-state index contributed by atoms with van der Waals surface area (Å²) in [5, 5.41) is 32.9. The second-order valence-corrected chi connectivity index (χ2v) is 12.1. The van der Waals surface area contributed by atoms with Crippen LogP contribution in [-0.4, -0.2) is 47.3 Å². The van der Waals surface area contributed by atoms with Crippen LogP contribution in [0.1, 0.15) is 85.5 Å². The molecule has 3 aliphatic carbocycles. The lowest BCUT2D eigenvalue weighted by molar-refractivity contribution is -0.0144. The van der Waals surface area contributed by atoms with Gasteiger partial charge in [-0.2, -0.15) is 0 Å². The minimum absolute atomic E-state index is 0.223. The highest BCUT2D eigenvalue weighted by atomic mass is 16.3. The Morgan fingerprint density at radius 3 is 1.77 bits per heavy atom. The van der Waals surface area contributed by atoms with Crippen LogP contribution in [0.3, 0.4) is 0 Å². The van der Waals surface area contributed by atoms with Gasteiger partial charge in [-0.3, -0.25) is 10.6 Å². The van der Waals surface area contributed by atoms with Crippen molar-refractivity contribution in [2.45, 2.75) is 116 Å². The van der Waals surface area contributed by atoms with Gasteiger partial charge in [0.25, 0.3) is 0 Å². The third-order valence-electron chi connectivity index (χ3n) is 9.52. The third-order valence-corrected chi connectivity index (χ3v) is 9.52. The minimum atomic E-state index is -0.404. The molecule has 4 rings (SSSR count). The zero-order valence-corrected chi connectivity index (χ0v) is 20.4. The zero-order valence-electron chi connectivity index (χ0n) is 20.4. The molecule has 5 nitrogen and oxygen atoms in total. The van der Waals surface area contributed by atoms with E-state index in [2.05, 4.69) is 43.6 Å². The average molecular weight is 436 g/mol. The van der Waals surface area contributed by atoms with Gasteiger partial charge in [0.2, 0.25) is 0 Å². The Bertz CT molecular complexity index is 539. The van der Waals surface area contributed by atoms with Crippen molar-refractivity contribution in [2.75, 3.05) is 6.54 Å². The molecule has 3 saturated carbocycles. The van der Waals surface area contributed by atoms with Gasteiger partial charge in [0.05, 0.1) is 24.5 Å². The van der Waals surface area contributed by atoms with Crippen molar-refractivity contribution in [3.63, 3.8) is 0 Å². The van der Waals surface area contributed by atoms with Crippen LogP contribution in [0.15, 0.2) is 0 Å². The Hall–Kier alpha value is -0.200. The molecule has 12 unspecified atom stereocenters. The molecule has 1 heterocycles. The summed E-state index contributed by atoms with van der Waals surface area (Å²) in [6.45, 7) is 10.6. The van der Waals surface area contributed by atoms with Gasteiger partial charge in [-0.1, -0.05) is 40.5 Å². The lowest BCUT2D eigenvalue weighted by Gasteiger charge is -2.43. The summed E-state index contributed by atoms with van der Waals surface area (Å²) in [5.41, 5.74) is 0. The van der Waals surface area contributed by atoms with Crippen LogP contribution >= 0.6 is 0 Å². The Labute approximate surface area is 190 Å². The molecule has 5 heteroatoms. The van der Waals surface area contributed by atoms with Crippen molar-refractivity contribution in [3.8, 4) is 0 Å². The molecule has 0 amide bonds. The normalized spacial score (nSPS) is 52.5. The highest BCUT2D eigenvalue weighted by Gasteiger charge is 2.42. The Morgan fingerprint density at radius 1 is 0.613 bits per heavy atom. The fraction of sp³-hybridized carbons (Fsp3) is 1.00. The SMILES string of the molecule is CC1CCC(C2NCC(C3CCC(O)CC3O)NC(C3CCC(C)CC3C)N2)C(C)C1. The molecule has 12 atom stereocenters. The predicted octanol–water partition coefficient (Wildman–Crippen LogP) is 3.46. The molecular weight excluding hydrogens is 386 g/mol. The summed E-state index contributed by atoms with van der Waals surface area (Å²) in [6.07, 6.45) is 10.1. The number of aliphatic hydroxyl groups is 2. The van der Waals surface area contributed by atoms with Crippen LogP contribution in [0.4, 0.5) is 0 Å². The summed E-state index contributed by atoms with van der Waals surface area (Å²) in [7, 11) is 0. The van der Waals surface area contributed by atoms with Gasteiger partial charge in [-0.15, -0.1) is 0 Å². The molecule has 5 N–H and O–H groups in total. The van der Waals surface area contributed by atoms with Crippen molar-refractivity contribution >= 4 is 0 Å². The fourth-order valence-electron chi connectivity index (χ4n) is 7.63. The van der Waals surface area contributed by atoms with Gasteiger partial charge in [-0.05, 0) is 80.5 Å². The molecule has 0 spiro atoms. The van der Waals surface area contributed by atoms with E-state index in [0.717, 1.165) is 43.1 Å². The molecule has 0 radical (unpaired) electrons. The smallest absolute Gasteiger partial charge is 0.0618 e. The highest BCUT2D eigenvalue weighted by molar-refractivity contribution is 4.98. The van der Waals surface area contributed by atoms with E-state index in [-0.39, 0.29) is 18.1 Å². The molecule has 0 aromatic carbocycles. The van der Waals surface area contributed by atoms with E-state index in [1.807, 2.05) is 0 Å². The van der Waals surface area contributed by atoms with E-state index in [9.17, 15) is 10.2 Å². The van der Waals surface area contributed by atoms with Gasteiger partial charge in [0.1, 0.15) is 0 Å². The van der Waals surface area contributed by atoms with Crippen LogP contribution in [-0.2, 0) is 0 Å². The third kappa shape index (κ3) is 5.66. The first-order valence-electron chi connectivity index (χ1n) is 13.4. The number of hydrogen-bond donors (Lipinski definition) is 5. The molecule has 180 valence electrons. The summed E-state index contributed by atoms with van der Waals surface area (Å²) in [4.78, 5) is 0. The van der Waals surface area contributed by atoms with Gasteiger partial charge in [0.15, 0.2) is 0 Å². The molecule has 4 fully saturated rings. The van der Waals surface area contributed by atoms with Crippen molar-refractivity contribution in [3.05, 3.63) is 0 Å². The van der Waals surface area contributed by atoms with Gasteiger partial charge in [-0.25, -0.2) is 0 Å². The summed E-state index contributed by atoms with van der Waals surface area (Å²) in [6, 6.07) is 0.259. The van der Waals surface area contributed by atoms with E-state index in [0.29, 0.717) is 30.6 Å². The summed E-state index contributed by atoms with van der Waals surface area (Å²) < 4.78 is 0. The molecular formula is C26H49N3O2. The summed E-state index contributed by atoms with van der Waals surface area (Å²) in [5.74, 6) is 4.69. The molecule has 1 aliphatic heterocycles. The van der Waals surface area contributed by atoms with Crippen molar-refractivity contribution in [2.24, 2.45) is 41.4 Å². The maximum atomic E-state index is 10.8. The molecule has 1 saturated heterocycles. The van der Waals surface area contributed by atoms with Crippen molar-refractivity contribution < 1.29 is 10.2 Å². The number of rotatable bonds is 3. The van der Waals surface area contributed by atoms with E-state index >= 15 is 0 Å². The van der Waals surface area contributed by atoms with Gasteiger partial charge in [0, 0.05) is 18.5 Å². The number of nitrogens with one attached hydrogen (secondary N) is 3. The van der Waals surface area contributed by atoms with Crippen LogP contribution in [0.25, 0.3) is 0 Å². The molecule has 0 bridgehead atoms. The maximum absolute atomic E-state index is 10.8. The standard InChI is InChI=1S/C26H49N3O2/c1-15-5-8-20(17(3)11-15)25-27-14-23(22-10-7-19(30)13-24(22)31)28-26(29-25)21-9-6-16(2)12-18(21)4/h15-31H,5-14H2,1-4H3. The second-order valence-electron chi connectivity index (χ2n) is 12.1. The lowest BCUT2D eigenvalue weighted by atomic mass is 9.72. The minimum Gasteiger partial charge on any atom is -0.393 e. The average Bonchev–Trinajstić information content (AvgIpc) is 2.91. The Kier molecular flexibility index (Phi) is 8.02. The van der Waals surface area contributed by atoms with Gasteiger partial charge < -0.3 is 15.5 Å². The fourth-order valence-corrected chi connectivity index (χ4v) is 7.63. The quantitative estimate of drug-likeness (QED) is 0.469. The van der Waals surface area contributed by atoms with E-state index in [4.69, 9.17) is 0 Å². The van der Waals surface area contributed by atoms with Crippen molar-refractivity contribution in [1.29, 1.82) is 0 Å². The first-order valence-corrected chi connectivity index (χ1v) is 13.4. The van der Waals surface area contributed by atoms with Gasteiger partial charge >= 0.3 is 0 Å². The number of aliphatic hydroxyl groups excluding tert-OH is 2. The topological polar surface area (TPSA) is 76.5 Å². The second kappa shape index (κ2) is 10.4. The van der Waals surface area contributed by atoms with Crippen LogP contribution in [0, 0.1) is 41.4 Å². The Morgan fingerprint density at radius 2 is 1.19 bits per heavy atom. The van der Waals surface area contributed by atoms with E-state index in [1.54, 1.807) is 0 Å². The lowest BCUT2D eigenvalue weighted by Crippen LogP contribution is -2.59. The molecule has 0 aromatic heterocycles. The van der Waals surface area contributed by atoms with Crippen LogP contribution < -0.4 is 16.0 Å². The first kappa shape index (κ1) is 23.9. The largest absolute Gasteiger partial charge is 0.393 e. The monoisotopic (exact) mass is 435 g/mol. The molecule has 4 aliphatic rings. The van der Waals surface area contributed by atoms with E-state index in [1.165, 1.54) is 38.5 Å². The number of hydrogen-bond acceptors (Lipinski definition) is 5.